The number of ether oxygens (including phenoxy) is 1. The van der Waals surface area contributed by atoms with E-state index in [1.54, 1.807) is 18.4 Å². The number of amides is 1. The average molecular weight is 432 g/mol. The summed E-state index contributed by atoms with van der Waals surface area (Å²) in [5.41, 5.74) is 1.53. The molecule has 2 aromatic rings. The van der Waals surface area contributed by atoms with E-state index in [1.807, 2.05) is 58.0 Å². The van der Waals surface area contributed by atoms with E-state index in [0.717, 1.165) is 29.2 Å². The Morgan fingerprint density at radius 2 is 1.90 bits per heavy atom. The molecule has 1 aromatic heterocycles. The lowest BCUT2D eigenvalue weighted by Gasteiger charge is -2.24. The minimum Gasteiger partial charge on any atom is -0.444 e. The van der Waals surface area contributed by atoms with Crippen LogP contribution >= 0.6 is 11.3 Å². The first-order chi connectivity index (χ1) is 14.2. The third-order valence-electron chi connectivity index (χ3n) is 4.29. The number of nitrogens with zero attached hydrogens (tertiary/aromatic N) is 2. The number of hydrogen-bond acceptors (Lipinski definition) is 5. The summed E-state index contributed by atoms with van der Waals surface area (Å²) in [7, 11) is 1.73. The van der Waals surface area contributed by atoms with Crippen LogP contribution in [0.5, 0.6) is 0 Å². The lowest BCUT2D eigenvalue weighted by atomic mass is 10.1. The summed E-state index contributed by atoms with van der Waals surface area (Å²) in [6, 6.07) is 9.54. The van der Waals surface area contributed by atoms with E-state index in [2.05, 4.69) is 32.9 Å². The maximum atomic E-state index is 12.3. The number of aryl methyl sites for hydroxylation is 2. The number of hydrogen-bond donors (Lipinski definition) is 3. The summed E-state index contributed by atoms with van der Waals surface area (Å²) in [6.07, 6.45) is 0.383. The van der Waals surface area contributed by atoms with Gasteiger partial charge in [0.2, 0.25) is 0 Å². The van der Waals surface area contributed by atoms with Crippen LogP contribution in [0.2, 0.25) is 0 Å². The number of aliphatic imine (C=N–C) groups is 1. The summed E-state index contributed by atoms with van der Waals surface area (Å²) < 4.78 is 5.42. The molecule has 0 aliphatic heterocycles. The van der Waals surface area contributed by atoms with Gasteiger partial charge in [-0.3, -0.25) is 4.99 Å². The first kappa shape index (κ1) is 23.7. The summed E-state index contributed by atoms with van der Waals surface area (Å²) in [5, 5.41) is 10.7. The van der Waals surface area contributed by atoms with Gasteiger partial charge >= 0.3 is 6.09 Å². The normalized spacial score (nSPS) is 12.9. The minimum absolute atomic E-state index is 0.260. The Bertz CT molecular complexity index is 823. The highest BCUT2D eigenvalue weighted by molar-refractivity contribution is 7.11. The molecule has 164 valence electrons. The number of alkyl carbamates (subject to hydrolysis) is 1. The van der Waals surface area contributed by atoms with Crippen LogP contribution in [0.4, 0.5) is 4.79 Å². The highest BCUT2D eigenvalue weighted by Crippen LogP contribution is 2.16. The van der Waals surface area contributed by atoms with Crippen LogP contribution in [0.15, 0.2) is 35.3 Å². The third kappa shape index (κ3) is 8.02. The van der Waals surface area contributed by atoms with Crippen LogP contribution in [0.3, 0.4) is 0 Å². The van der Waals surface area contributed by atoms with Crippen molar-refractivity contribution in [1.29, 1.82) is 0 Å². The first-order valence-electron chi connectivity index (χ1n) is 10.1. The highest BCUT2D eigenvalue weighted by atomic mass is 32.1. The minimum atomic E-state index is -0.553. The molecule has 3 N–H and O–H groups in total. The second kappa shape index (κ2) is 11.0. The molecule has 30 heavy (non-hydrogen) atoms. The van der Waals surface area contributed by atoms with Gasteiger partial charge in [0.05, 0.1) is 16.7 Å². The zero-order valence-corrected chi connectivity index (χ0v) is 19.5. The molecule has 0 spiro atoms. The van der Waals surface area contributed by atoms with Gasteiger partial charge in [0.1, 0.15) is 5.60 Å². The van der Waals surface area contributed by atoms with Crippen molar-refractivity contribution in [3.8, 4) is 0 Å². The van der Waals surface area contributed by atoms with E-state index in [0.29, 0.717) is 12.5 Å². The van der Waals surface area contributed by atoms with Gasteiger partial charge in [-0.05, 0) is 40.2 Å². The van der Waals surface area contributed by atoms with Crippen molar-refractivity contribution in [1.82, 2.24) is 20.9 Å². The topological polar surface area (TPSA) is 87.6 Å². The largest absolute Gasteiger partial charge is 0.444 e. The number of carbonyl (C=O) groups excluding carboxylic acids is 1. The number of nitrogens with one attached hydrogen (secondary N) is 3. The van der Waals surface area contributed by atoms with Crippen LogP contribution in [0.1, 0.15) is 48.0 Å². The van der Waals surface area contributed by atoms with Crippen molar-refractivity contribution < 1.29 is 9.53 Å². The van der Waals surface area contributed by atoms with Crippen molar-refractivity contribution in [2.75, 3.05) is 20.1 Å². The van der Waals surface area contributed by atoms with Gasteiger partial charge in [0, 0.05) is 31.4 Å². The Hall–Kier alpha value is -2.61. The summed E-state index contributed by atoms with van der Waals surface area (Å²) >= 11 is 1.73. The van der Waals surface area contributed by atoms with Crippen molar-refractivity contribution in [2.24, 2.45) is 4.99 Å². The molecule has 1 unspecified atom stereocenters. The fourth-order valence-electron chi connectivity index (χ4n) is 2.74. The zero-order valence-electron chi connectivity index (χ0n) is 18.7. The standard InChI is InChI=1S/C22H33N5O2S/c1-15-16(2)30-19(26-15)12-13-24-20(23-6)25-14-18(17-10-8-7-9-11-17)27-21(28)29-22(3,4)5/h7-11,18H,12-14H2,1-6H3,(H,27,28)(H2,23,24,25). The number of guanidine groups is 1. The van der Waals surface area contributed by atoms with Crippen molar-refractivity contribution >= 4 is 23.4 Å². The second-order valence-electron chi connectivity index (χ2n) is 7.99. The van der Waals surface area contributed by atoms with E-state index in [1.165, 1.54) is 4.88 Å². The Labute approximate surface area is 183 Å². The molecule has 0 bridgehead atoms. The van der Waals surface area contributed by atoms with Gasteiger partial charge in [0.15, 0.2) is 5.96 Å². The van der Waals surface area contributed by atoms with Crippen LogP contribution < -0.4 is 16.0 Å². The Kier molecular flexibility index (Phi) is 8.65. The molecular weight excluding hydrogens is 398 g/mol. The molecule has 0 fully saturated rings. The van der Waals surface area contributed by atoms with E-state index in [4.69, 9.17) is 4.74 Å². The molecule has 1 heterocycles. The van der Waals surface area contributed by atoms with Crippen LogP contribution in [-0.2, 0) is 11.2 Å². The molecule has 0 aliphatic rings. The third-order valence-corrected chi connectivity index (χ3v) is 5.43. The molecule has 2 rings (SSSR count). The van der Waals surface area contributed by atoms with E-state index in [9.17, 15) is 4.79 Å². The van der Waals surface area contributed by atoms with Gasteiger partial charge < -0.3 is 20.7 Å². The fraction of sp³-hybridized carbons (Fsp3) is 0.500. The van der Waals surface area contributed by atoms with Gasteiger partial charge in [-0.1, -0.05) is 30.3 Å². The van der Waals surface area contributed by atoms with Crippen molar-refractivity contribution in [3.05, 3.63) is 51.5 Å². The van der Waals surface area contributed by atoms with Gasteiger partial charge in [-0.15, -0.1) is 11.3 Å². The molecule has 0 saturated carbocycles. The zero-order chi connectivity index (χ0) is 22.1. The number of rotatable bonds is 7. The number of thiazole rings is 1. The molecule has 0 saturated heterocycles. The average Bonchev–Trinajstić information content (AvgIpc) is 3.00. The van der Waals surface area contributed by atoms with E-state index in [-0.39, 0.29) is 6.04 Å². The van der Waals surface area contributed by atoms with Crippen LogP contribution in [-0.4, -0.2) is 42.8 Å². The summed E-state index contributed by atoms with van der Waals surface area (Å²) in [4.78, 5) is 22.4. The second-order valence-corrected chi connectivity index (χ2v) is 9.28. The number of benzene rings is 1. The molecule has 8 heteroatoms. The predicted molar refractivity (Wildman–Crippen MR) is 123 cm³/mol. The predicted octanol–water partition coefficient (Wildman–Crippen LogP) is 3.73. The molecule has 0 aliphatic carbocycles. The summed E-state index contributed by atoms with van der Waals surface area (Å²) in [5.74, 6) is 0.673. The molecular formula is C22H33N5O2S. The number of aromatic nitrogens is 1. The molecule has 7 nitrogen and oxygen atoms in total. The Balaban J connectivity index is 1.92. The highest BCUT2D eigenvalue weighted by Gasteiger charge is 2.20. The Morgan fingerprint density at radius 1 is 1.20 bits per heavy atom. The van der Waals surface area contributed by atoms with E-state index >= 15 is 0 Å². The van der Waals surface area contributed by atoms with Crippen molar-refractivity contribution in [2.45, 2.75) is 52.7 Å². The maximum Gasteiger partial charge on any atom is 0.408 e. The lowest BCUT2D eigenvalue weighted by Crippen LogP contribution is -2.44. The van der Waals surface area contributed by atoms with Gasteiger partial charge in [0.25, 0.3) is 0 Å². The van der Waals surface area contributed by atoms with E-state index < -0.39 is 11.7 Å². The van der Waals surface area contributed by atoms with Gasteiger partial charge in [-0.25, -0.2) is 9.78 Å². The quantitative estimate of drug-likeness (QED) is 0.459. The Morgan fingerprint density at radius 3 is 2.47 bits per heavy atom. The fourth-order valence-corrected chi connectivity index (χ4v) is 3.67. The monoisotopic (exact) mass is 431 g/mol. The van der Waals surface area contributed by atoms with Crippen molar-refractivity contribution in [3.63, 3.8) is 0 Å². The smallest absolute Gasteiger partial charge is 0.408 e. The van der Waals surface area contributed by atoms with Gasteiger partial charge in [-0.2, -0.15) is 0 Å². The first-order valence-corrected chi connectivity index (χ1v) is 10.9. The molecule has 0 radical (unpaired) electrons. The molecule has 1 aromatic carbocycles. The summed E-state index contributed by atoms with van der Waals surface area (Å²) in [6.45, 7) is 10.9. The molecule has 1 atom stereocenters. The number of carbonyl (C=O) groups is 1. The SMILES string of the molecule is CN=C(NCCc1nc(C)c(C)s1)NCC(NC(=O)OC(C)(C)C)c1ccccc1. The van der Waals surface area contributed by atoms with Crippen LogP contribution in [0, 0.1) is 13.8 Å². The molecule has 1 amide bonds. The lowest BCUT2D eigenvalue weighted by molar-refractivity contribution is 0.0504. The van der Waals surface area contributed by atoms with Crippen LogP contribution in [0.25, 0.3) is 0 Å². The maximum absolute atomic E-state index is 12.3.